The summed E-state index contributed by atoms with van der Waals surface area (Å²) in [4.78, 5) is 15.1. The van der Waals surface area contributed by atoms with Gasteiger partial charge in [0.05, 0.1) is 18.8 Å². The highest BCUT2D eigenvalue weighted by atomic mass is 16.6. The molecule has 0 aromatic heterocycles. The van der Waals surface area contributed by atoms with Gasteiger partial charge in [-0.1, -0.05) is 70.0 Å². The van der Waals surface area contributed by atoms with E-state index in [2.05, 4.69) is 68.2 Å². The zero-order valence-corrected chi connectivity index (χ0v) is 28.0. The third-order valence-electron chi connectivity index (χ3n) is 11.1. The van der Waals surface area contributed by atoms with Gasteiger partial charge in [0.1, 0.15) is 5.76 Å². The van der Waals surface area contributed by atoms with E-state index in [-0.39, 0.29) is 35.8 Å². The Kier molecular flexibility index (Phi) is 9.91. The van der Waals surface area contributed by atoms with Crippen LogP contribution in [0.5, 0.6) is 0 Å². The van der Waals surface area contributed by atoms with Crippen molar-refractivity contribution in [2.75, 3.05) is 13.7 Å². The number of carbonyl (C=O) groups excluding carboxylic acids is 1. The molecule has 1 aromatic carbocycles. The van der Waals surface area contributed by atoms with Crippen molar-refractivity contribution in [2.24, 2.45) is 29.6 Å². The second-order valence-corrected chi connectivity index (χ2v) is 14.4. The predicted octanol–water partition coefficient (Wildman–Crippen LogP) is 7.63. The van der Waals surface area contributed by atoms with E-state index in [1.165, 1.54) is 30.4 Å². The molecular weight excluding hydrogens is 562 g/mol. The molecule has 4 heterocycles. The van der Waals surface area contributed by atoms with E-state index in [4.69, 9.17) is 14.2 Å². The zero-order valence-electron chi connectivity index (χ0n) is 28.0. The zero-order chi connectivity index (χ0) is 31.7. The van der Waals surface area contributed by atoms with E-state index in [0.29, 0.717) is 34.7 Å². The molecule has 1 N–H and O–H groups in total. The van der Waals surface area contributed by atoms with Crippen LogP contribution < -0.4 is 0 Å². The smallest absolute Gasteiger partial charge is 0.343 e. The highest BCUT2D eigenvalue weighted by molar-refractivity contribution is 5.93. The van der Waals surface area contributed by atoms with Gasteiger partial charge < -0.3 is 19.3 Å². The number of aryl methyl sites for hydroxylation is 1. The summed E-state index contributed by atoms with van der Waals surface area (Å²) >= 11 is 0. The molecule has 6 heteroatoms. The molecule has 45 heavy (non-hydrogen) atoms. The molecule has 6 rings (SSSR count). The summed E-state index contributed by atoms with van der Waals surface area (Å²) in [6.07, 6.45) is 17.4. The molecule has 6 nitrogen and oxygen atoms in total. The molecule has 2 saturated heterocycles. The van der Waals surface area contributed by atoms with Crippen LogP contribution in [-0.2, 0) is 31.8 Å². The average Bonchev–Trinajstić information content (AvgIpc) is 3.43. The number of esters is 1. The van der Waals surface area contributed by atoms with Crippen LogP contribution in [0.3, 0.4) is 0 Å². The quantitative estimate of drug-likeness (QED) is 0.175. The standard InChI is InChI=1S/C39H53NO5/c1-6-7-8-13-27-14-10-15-28(20-27)21-29-22-31-34-25(3)37(38-36(43-5)26(4)39(42)45-38)44-33(34)17-11-18-40(31)32(23-29)35(41)30-16-9-12-24(2)19-30/h9-10,14-17,20,24-25,29-32,34-35,41H,6-8,11-13,18-19,21-23H2,1-5H3. The number of piperidine rings is 1. The predicted molar refractivity (Wildman–Crippen MR) is 177 cm³/mol. The van der Waals surface area contributed by atoms with Gasteiger partial charge in [-0.15, -0.1) is 0 Å². The van der Waals surface area contributed by atoms with Crippen molar-refractivity contribution in [3.8, 4) is 0 Å². The highest BCUT2D eigenvalue weighted by Crippen LogP contribution is 2.51. The SMILES string of the molecule is CCCCCc1cccc(CC2CC(C(O)C3C=CCC(C)C3)N3CCC=C4OC(=C5OC(=O)C(C)=C5OC)C(C)C4C3C2)c1. The number of hydrogen-bond donors (Lipinski definition) is 1. The molecule has 1 aliphatic carbocycles. The lowest BCUT2D eigenvalue weighted by Gasteiger charge is -2.50. The second-order valence-electron chi connectivity index (χ2n) is 14.4. The van der Waals surface area contributed by atoms with Gasteiger partial charge in [-0.25, -0.2) is 4.79 Å². The molecular formula is C39H53NO5. The lowest BCUT2D eigenvalue weighted by Crippen LogP contribution is -2.58. The van der Waals surface area contributed by atoms with Crippen LogP contribution in [0.15, 0.2) is 71.1 Å². The largest absolute Gasteiger partial charge is 0.492 e. The Morgan fingerprint density at radius 1 is 1.11 bits per heavy atom. The molecule has 0 saturated carbocycles. The number of rotatable bonds is 9. The van der Waals surface area contributed by atoms with Gasteiger partial charge in [0.2, 0.25) is 5.76 Å². The summed E-state index contributed by atoms with van der Waals surface area (Å²) in [5.41, 5.74) is 3.33. The lowest BCUT2D eigenvalue weighted by atomic mass is 9.71. The first-order chi connectivity index (χ1) is 21.8. The number of aliphatic hydroxyl groups excluding tert-OH is 1. The van der Waals surface area contributed by atoms with Crippen molar-refractivity contribution in [1.82, 2.24) is 4.90 Å². The van der Waals surface area contributed by atoms with Gasteiger partial charge in [0.15, 0.2) is 11.5 Å². The average molecular weight is 616 g/mol. The number of aliphatic hydroxyl groups is 1. The summed E-state index contributed by atoms with van der Waals surface area (Å²) in [6, 6.07) is 9.53. The summed E-state index contributed by atoms with van der Waals surface area (Å²) in [7, 11) is 1.58. The molecule has 5 aliphatic rings. The van der Waals surface area contributed by atoms with Crippen molar-refractivity contribution in [3.05, 3.63) is 82.2 Å². The minimum atomic E-state index is -0.409. The van der Waals surface area contributed by atoms with Crippen LogP contribution in [0, 0.1) is 29.6 Å². The Morgan fingerprint density at radius 3 is 2.71 bits per heavy atom. The Labute approximate surface area is 270 Å². The molecule has 0 bridgehead atoms. The van der Waals surface area contributed by atoms with Crippen molar-refractivity contribution < 1.29 is 24.1 Å². The fourth-order valence-corrected chi connectivity index (χ4v) is 8.86. The van der Waals surface area contributed by atoms with E-state index in [9.17, 15) is 9.90 Å². The summed E-state index contributed by atoms with van der Waals surface area (Å²) in [6.45, 7) is 9.42. The fraction of sp³-hybridized carbons (Fsp3) is 0.615. The molecule has 0 amide bonds. The number of ether oxygens (including phenoxy) is 3. The van der Waals surface area contributed by atoms with Crippen molar-refractivity contribution in [1.29, 1.82) is 0 Å². The molecule has 4 aliphatic heterocycles. The number of allylic oxidation sites excluding steroid dienone is 2. The number of hydrogen-bond acceptors (Lipinski definition) is 6. The van der Waals surface area contributed by atoms with Gasteiger partial charge in [-0.3, -0.25) is 4.90 Å². The molecule has 244 valence electrons. The Bertz CT molecular complexity index is 1370. The number of carbonyl (C=O) groups is 1. The number of fused-ring (bicyclic) bond motifs is 3. The van der Waals surface area contributed by atoms with Crippen LogP contribution >= 0.6 is 0 Å². The normalized spacial score (nSPS) is 34.0. The third-order valence-corrected chi connectivity index (χ3v) is 11.1. The van der Waals surface area contributed by atoms with Gasteiger partial charge in [-0.05, 0) is 87.3 Å². The molecule has 8 unspecified atom stereocenters. The molecule has 2 fully saturated rings. The number of benzene rings is 1. The number of nitrogens with zero attached hydrogens (tertiary/aromatic N) is 1. The fourth-order valence-electron chi connectivity index (χ4n) is 8.86. The van der Waals surface area contributed by atoms with Crippen molar-refractivity contribution in [3.63, 3.8) is 0 Å². The first kappa shape index (κ1) is 32.1. The third kappa shape index (κ3) is 6.55. The Balaban J connectivity index is 1.32. The molecule has 0 spiro atoms. The first-order valence-electron chi connectivity index (χ1n) is 17.6. The Morgan fingerprint density at radius 2 is 1.93 bits per heavy atom. The number of methoxy groups -OCH3 is 1. The second kappa shape index (κ2) is 13.9. The summed E-state index contributed by atoms with van der Waals surface area (Å²) < 4.78 is 18.0. The molecule has 0 radical (unpaired) electrons. The highest BCUT2D eigenvalue weighted by Gasteiger charge is 2.52. The lowest BCUT2D eigenvalue weighted by molar-refractivity contribution is -0.133. The van der Waals surface area contributed by atoms with E-state index >= 15 is 0 Å². The van der Waals surface area contributed by atoms with E-state index in [1.807, 2.05) is 0 Å². The number of cyclic esters (lactones) is 1. The molecule has 1 aromatic rings. The van der Waals surface area contributed by atoms with Gasteiger partial charge in [0.25, 0.3) is 0 Å². The first-order valence-corrected chi connectivity index (χ1v) is 17.6. The van der Waals surface area contributed by atoms with Crippen LogP contribution in [0.25, 0.3) is 0 Å². The monoisotopic (exact) mass is 615 g/mol. The topological polar surface area (TPSA) is 68.2 Å². The van der Waals surface area contributed by atoms with E-state index in [1.54, 1.807) is 14.0 Å². The maximum atomic E-state index is 12.5. The minimum absolute atomic E-state index is 0.00809. The van der Waals surface area contributed by atoms with Crippen LogP contribution in [-0.4, -0.2) is 47.8 Å². The minimum Gasteiger partial charge on any atom is -0.492 e. The summed E-state index contributed by atoms with van der Waals surface area (Å²) in [5.74, 6) is 3.55. The van der Waals surface area contributed by atoms with E-state index in [0.717, 1.165) is 57.2 Å². The van der Waals surface area contributed by atoms with Gasteiger partial charge in [0, 0.05) is 36.4 Å². The van der Waals surface area contributed by atoms with E-state index < -0.39 is 6.10 Å². The summed E-state index contributed by atoms with van der Waals surface area (Å²) in [5, 5.41) is 12.1. The maximum absolute atomic E-state index is 12.5. The van der Waals surface area contributed by atoms with Crippen LogP contribution in [0.4, 0.5) is 0 Å². The number of unbranched alkanes of at least 4 members (excludes halogenated alkanes) is 2. The maximum Gasteiger partial charge on any atom is 0.343 e. The molecule has 8 atom stereocenters. The van der Waals surface area contributed by atoms with Crippen LogP contribution in [0.1, 0.15) is 90.2 Å². The van der Waals surface area contributed by atoms with Gasteiger partial charge in [-0.2, -0.15) is 0 Å². The van der Waals surface area contributed by atoms with Crippen molar-refractivity contribution in [2.45, 2.75) is 110 Å². The van der Waals surface area contributed by atoms with Crippen LogP contribution in [0.2, 0.25) is 0 Å². The Hall–Kier alpha value is -2.83. The van der Waals surface area contributed by atoms with Gasteiger partial charge >= 0.3 is 5.97 Å². The van der Waals surface area contributed by atoms with Crippen molar-refractivity contribution >= 4 is 5.97 Å².